The van der Waals surface area contributed by atoms with Crippen molar-refractivity contribution in [3.63, 3.8) is 0 Å². The van der Waals surface area contributed by atoms with Crippen LogP contribution in [0.1, 0.15) is 23.0 Å². The van der Waals surface area contributed by atoms with Gasteiger partial charge in [-0.25, -0.2) is 0 Å². The van der Waals surface area contributed by atoms with Gasteiger partial charge in [-0.15, -0.1) is 0 Å². The van der Waals surface area contributed by atoms with Crippen LogP contribution in [0.4, 0.5) is 0 Å². The summed E-state index contributed by atoms with van der Waals surface area (Å²) in [5, 5.41) is 7.33. The first kappa shape index (κ1) is 13.8. The minimum Gasteiger partial charge on any atom is -0.350 e. The number of amides is 1. The van der Waals surface area contributed by atoms with Gasteiger partial charge in [0.1, 0.15) is 5.69 Å². The van der Waals surface area contributed by atoms with Crippen LogP contribution in [0, 0.1) is 6.92 Å². The number of benzene rings is 1. The average Bonchev–Trinajstić information content (AvgIpc) is 2.97. The Bertz CT molecular complexity index is 633. The summed E-state index contributed by atoms with van der Waals surface area (Å²) in [4.78, 5) is 14.2. The molecule has 1 aliphatic rings. The van der Waals surface area contributed by atoms with Crippen molar-refractivity contribution in [2.45, 2.75) is 19.9 Å². The zero-order valence-electron chi connectivity index (χ0n) is 12.3. The van der Waals surface area contributed by atoms with Crippen molar-refractivity contribution in [1.29, 1.82) is 0 Å². The molecule has 1 fully saturated rings. The first-order valence-corrected chi connectivity index (χ1v) is 7.20. The number of aromatic nitrogens is 1. The predicted octanol–water partition coefficient (Wildman–Crippen LogP) is 2.08. The van der Waals surface area contributed by atoms with Crippen LogP contribution >= 0.6 is 0 Å². The first-order valence-electron chi connectivity index (χ1n) is 7.20. The van der Waals surface area contributed by atoms with E-state index in [-0.39, 0.29) is 5.91 Å². The highest BCUT2D eigenvalue weighted by molar-refractivity contribution is 5.92. The van der Waals surface area contributed by atoms with E-state index in [1.165, 1.54) is 5.56 Å². The van der Waals surface area contributed by atoms with Gasteiger partial charge in [0.25, 0.3) is 5.91 Å². The molecule has 5 nitrogen and oxygen atoms in total. The molecule has 0 spiro atoms. The van der Waals surface area contributed by atoms with Gasteiger partial charge in [0.2, 0.25) is 5.76 Å². The molecule has 110 valence electrons. The number of hydrogen-bond acceptors (Lipinski definition) is 4. The number of piperazine rings is 1. The van der Waals surface area contributed by atoms with E-state index in [4.69, 9.17) is 4.52 Å². The van der Waals surface area contributed by atoms with Gasteiger partial charge in [0.05, 0.1) is 0 Å². The summed E-state index contributed by atoms with van der Waals surface area (Å²) in [5.74, 6) is 0.217. The lowest BCUT2D eigenvalue weighted by atomic mass is 10.1. The fourth-order valence-electron chi connectivity index (χ4n) is 2.51. The summed E-state index contributed by atoms with van der Waals surface area (Å²) >= 11 is 0. The Morgan fingerprint density at radius 2 is 2.14 bits per heavy atom. The van der Waals surface area contributed by atoms with Crippen molar-refractivity contribution in [3.8, 4) is 11.3 Å². The van der Waals surface area contributed by atoms with E-state index >= 15 is 0 Å². The Morgan fingerprint density at radius 1 is 1.38 bits per heavy atom. The number of rotatable bonds is 2. The summed E-state index contributed by atoms with van der Waals surface area (Å²) in [7, 11) is 0. The largest absolute Gasteiger partial charge is 0.350 e. The van der Waals surface area contributed by atoms with Crippen molar-refractivity contribution in [3.05, 3.63) is 41.7 Å². The van der Waals surface area contributed by atoms with E-state index in [1.807, 2.05) is 31.2 Å². The molecular formula is C16H19N3O2. The number of carbonyl (C=O) groups excluding carboxylic acids is 1. The quantitative estimate of drug-likeness (QED) is 0.918. The van der Waals surface area contributed by atoms with E-state index in [9.17, 15) is 4.79 Å². The predicted molar refractivity (Wildman–Crippen MR) is 80.0 cm³/mol. The third kappa shape index (κ3) is 2.97. The number of hydrogen-bond donors (Lipinski definition) is 1. The number of aryl methyl sites for hydroxylation is 1. The highest BCUT2D eigenvalue weighted by Gasteiger charge is 2.24. The van der Waals surface area contributed by atoms with Gasteiger partial charge in [-0.05, 0) is 13.8 Å². The Hall–Kier alpha value is -2.14. The molecule has 21 heavy (non-hydrogen) atoms. The van der Waals surface area contributed by atoms with Crippen LogP contribution in [0.3, 0.4) is 0 Å². The number of carbonyl (C=O) groups is 1. The molecule has 5 heteroatoms. The minimum atomic E-state index is -0.0887. The molecule has 1 amide bonds. The Morgan fingerprint density at radius 3 is 2.86 bits per heavy atom. The molecule has 1 unspecified atom stereocenters. The van der Waals surface area contributed by atoms with Crippen molar-refractivity contribution >= 4 is 5.91 Å². The second-order valence-corrected chi connectivity index (χ2v) is 5.55. The summed E-state index contributed by atoms with van der Waals surface area (Å²) < 4.78 is 5.24. The van der Waals surface area contributed by atoms with Crippen LogP contribution in [-0.4, -0.2) is 41.6 Å². The van der Waals surface area contributed by atoms with Crippen LogP contribution in [-0.2, 0) is 0 Å². The third-order valence-electron chi connectivity index (χ3n) is 3.72. The standard InChI is InChI=1S/C16H19N3O2/c1-11-3-5-13(6-4-11)14-9-15(21-18-14)16(20)19-8-7-17-12(2)10-19/h3-6,9,12,17H,7-8,10H2,1-2H3. The molecule has 0 bridgehead atoms. The van der Waals surface area contributed by atoms with Gasteiger partial charge in [-0.2, -0.15) is 0 Å². The van der Waals surface area contributed by atoms with E-state index in [1.54, 1.807) is 11.0 Å². The molecule has 2 heterocycles. The molecule has 1 aromatic carbocycles. The molecule has 0 aliphatic carbocycles. The molecule has 1 atom stereocenters. The minimum absolute atomic E-state index is 0.0887. The monoisotopic (exact) mass is 285 g/mol. The molecule has 1 N–H and O–H groups in total. The highest BCUT2D eigenvalue weighted by atomic mass is 16.5. The summed E-state index contributed by atoms with van der Waals surface area (Å²) in [6.45, 7) is 6.31. The van der Waals surface area contributed by atoms with Gasteiger partial charge >= 0.3 is 0 Å². The van der Waals surface area contributed by atoms with Gasteiger partial charge in [-0.1, -0.05) is 35.0 Å². The van der Waals surface area contributed by atoms with Crippen molar-refractivity contribution in [2.24, 2.45) is 0 Å². The Balaban J connectivity index is 1.78. The van der Waals surface area contributed by atoms with E-state index in [0.717, 1.165) is 12.1 Å². The zero-order chi connectivity index (χ0) is 14.8. The van der Waals surface area contributed by atoms with Gasteiger partial charge in [0.15, 0.2) is 0 Å². The molecule has 3 rings (SSSR count). The van der Waals surface area contributed by atoms with E-state index < -0.39 is 0 Å². The average molecular weight is 285 g/mol. The SMILES string of the molecule is Cc1ccc(-c2cc(C(=O)N3CCNC(C)C3)on2)cc1. The molecule has 0 saturated carbocycles. The third-order valence-corrected chi connectivity index (χ3v) is 3.72. The lowest BCUT2D eigenvalue weighted by molar-refractivity contribution is 0.0667. The summed E-state index contributed by atoms with van der Waals surface area (Å²) in [6, 6.07) is 10.0. The lowest BCUT2D eigenvalue weighted by Gasteiger charge is -2.31. The lowest BCUT2D eigenvalue weighted by Crippen LogP contribution is -2.51. The maximum absolute atomic E-state index is 12.4. The molecule has 2 aromatic rings. The number of nitrogens with zero attached hydrogens (tertiary/aromatic N) is 2. The second kappa shape index (κ2) is 5.69. The first-order chi connectivity index (χ1) is 10.1. The van der Waals surface area contributed by atoms with Crippen molar-refractivity contribution in [2.75, 3.05) is 19.6 Å². The highest BCUT2D eigenvalue weighted by Crippen LogP contribution is 2.20. The van der Waals surface area contributed by atoms with Crippen molar-refractivity contribution in [1.82, 2.24) is 15.4 Å². The number of nitrogens with one attached hydrogen (secondary N) is 1. The molecule has 1 aliphatic heterocycles. The molecule has 1 aromatic heterocycles. The van der Waals surface area contributed by atoms with Crippen LogP contribution in [0.5, 0.6) is 0 Å². The maximum Gasteiger partial charge on any atom is 0.292 e. The fourth-order valence-corrected chi connectivity index (χ4v) is 2.51. The Labute approximate surface area is 123 Å². The maximum atomic E-state index is 12.4. The van der Waals surface area contributed by atoms with Crippen LogP contribution in [0.15, 0.2) is 34.9 Å². The fraction of sp³-hybridized carbons (Fsp3) is 0.375. The normalized spacial score (nSPS) is 18.8. The van der Waals surface area contributed by atoms with E-state index in [0.29, 0.717) is 30.6 Å². The van der Waals surface area contributed by atoms with Gasteiger partial charge in [-0.3, -0.25) is 4.79 Å². The molecule has 1 saturated heterocycles. The van der Waals surface area contributed by atoms with Crippen LogP contribution in [0.2, 0.25) is 0 Å². The van der Waals surface area contributed by atoms with Crippen LogP contribution < -0.4 is 5.32 Å². The van der Waals surface area contributed by atoms with E-state index in [2.05, 4.69) is 17.4 Å². The molecule has 0 radical (unpaired) electrons. The van der Waals surface area contributed by atoms with Crippen molar-refractivity contribution < 1.29 is 9.32 Å². The zero-order valence-corrected chi connectivity index (χ0v) is 12.3. The smallest absolute Gasteiger partial charge is 0.292 e. The Kier molecular flexibility index (Phi) is 3.75. The summed E-state index contributed by atoms with van der Waals surface area (Å²) in [5.41, 5.74) is 2.84. The summed E-state index contributed by atoms with van der Waals surface area (Å²) in [6.07, 6.45) is 0. The van der Waals surface area contributed by atoms with Crippen LogP contribution in [0.25, 0.3) is 11.3 Å². The van der Waals surface area contributed by atoms with Gasteiger partial charge < -0.3 is 14.7 Å². The topological polar surface area (TPSA) is 58.4 Å². The second-order valence-electron chi connectivity index (χ2n) is 5.55. The molecular weight excluding hydrogens is 266 g/mol. The van der Waals surface area contributed by atoms with Gasteiger partial charge in [0, 0.05) is 37.3 Å².